The van der Waals surface area contributed by atoms with E-state index in [0.29, 0.717) is 23.9 Å². The maximum atomic E-state index is 11.3. The number of pyridine rings is 1. The fourth-order valence-corrected chi connectivity index (χ4v) is 2.25. The van der Waals surface area contributed by atoms with Crippen LogP contribution in [0.3, 0.4) is 0 Å². The lowest BCUT2D eigenvalue weighted by Gasteiger charge is -2.09. The zero-order chi connectivity index (χ0) is 13.3. The van der Waals surface area contributed by atoms with Crippen molar-refractivity contribution in [2.24, 2.45) is 5.73 Å². The minimum Gasteiger partial charge on any atom is -0.478 e. The first kappa shape index (κ1) is 12.5. The normalized spacial score (nSPS) is 10.8. The average molecular weight is 244 g/mol. The van der Waals surface area contributed by atoms with E-state index in [1.165, 1.54) is 0 Å². The molecule has 4 heteroatoms. The molecule has 2 rings (SSSR count). The third-order valence-corrected chi connectivity index (χ3v) is 2.93. The van der Waals surface area contributed by atoms with Gasteiger partial charge in [0.25, 0.3) is 0 Å². The number of carboxylic acid groups (broad SMARTS) is 1. The van der Waals surface area contributed by atoms with E-state index in [1.54, 1.807) is 6.07 Å². The maximum Gasteiger partial charge on any atom is 0.336 e. The van der Waals surface area contributed by atoms with E-state index in [1.807, 2.05) is 26.0 Å². The van der Waals surface area contributed by atoms with E-state index < -0.39 is 5.97 Å². The second kappa shape index (κ2) is 4.74. The Hall–Kier alpha value is -1.94. The van der Waals surface area contributed by atoms with Crippen LogP contribution in [-0.2, 0) is 6.42 Å². The standard InChI is InChI=1S/C14H16N2O2/c1-8-5-9(2)13-11(14(17)18)7-10(3-4-15)16-12(13)6-8/h5-7H,3-4,15H2,1-2H3,(H,17,18). The summed E-state index contributed by atoms with van der Waals surface area (Å²) in [4.78, 5) is 15.8. The zero-order valence-electron chi connectivity index (χ0n) is 10.5. The molecule has 0 unspecified atom stereocenters. The molecule has 0 saturated heterocycles. The average Bonchev–Trinajstić information content (AvgIpc) is 2.27. The fourth-order valence-electron chi connectivity index (χ4n) is 2.25. The van der Waals surface area contributed by atoms with Crippen LogP contribution in [0.15, 0.2) is 18.2 Å². The van der Waals surface area contributed by atoms with Crippen LogP contribution in [0.1, 0.15) is 27.2 Å². The van der Waals surface area contributed by atoms with Gasteiger partial charge in [0.2, 0.25) is 0 Å². The number of hydrogen-bond acceptors (Lipinski definition) is 3. The SMILES string of the molecule is Cc1cc(C)c2c(C(=O)O)cc(CCN)nc2c1. The quantitative estimate of drug-likeness (QED) is 0.866. The lowest BCUT2D eigenvalue weighted by molar-refractivity contribution is 0.0698. The second-order valence-corrected chi connectivity index (χ2v) is 4.48. The molecule has 0 bridgehead atoms. The van der Waals surface area contributed by atoms with E-state index in [0.717, 1.165) is 22.3 Å². The van der Waals surface area contributed by atoms with Gasteiger partial charge in [0.05, 0.1) is 11.1 Å². The Balaban J connectivity index is 2.81. The number of aromatic nitrogens is 1. The summed E-state index contributed by atoms with van der Waals surface area (Å²) in [5, 5.41) is 10.0. The van der Waals surface area contributed by atoms with E-state index in [2.05, 4.69) is 4.98 Å². The van der Waals surface area contributed by atoms with E-state index in [4.69, 9.17) is 5.73 Å². The monoisotopic (exact) mass is 244 g/mol. The maximum absolute atomic E-state index is 11.3. The Morgan fingerprint density at radius 2 is 2.06 bits per heavy atom. The van der Waals surface area contributed by atoms with Crippen LogP contribution in [0.5, 0.6) is 0 Å². The van der Waals surface area contributed by atoms with Crippen molar-refractivity contribution in [3.63, 3.8) is 0 Å². The van der Waals surface area contributed by atoms with Gasteiger partial charge >= 0.3 is 5.97 Å². The highest BCUT2D eigenvalue weighted by atomic mass is 16.4. The van der Waals surface area contributed by atoms with Gasteiger partial charge in [-0.05, 0) is 43.7 Å². The van der Waals surface area contributed by atoms with Crippen LogP contribution >= 0.6 is 0 Å². The molecule has 1 aromatic heterocycles. The fraction of sp³-hybridized carbons (Fsp3) is 0.286. The van der Waals surface area contributed by atoms with Crippen molar-refractivity contribution >= 4 is 16.9 Å². The molecular weight excluding hydrogens is 228 g/mol. The molecule has 0 radical (unpaired) electrons. The predicted molar refractivity (Wildman–Crippen MR) is 70.9 cm³/mol. The van der Waals surface area contributed by atoms with Gasteiger partial charge in [0.1, 0.15) is 0 Å². The van der Waals surface area contributed by atoms with Gasteiger partial charge < -0.3 is 10.8 Å². The molecule has 0 aliphatic heterocycles. The van der Waals surface area contributed by atoms with E-state index in [-0.39, 0.29) is 0 Å². The minimum atomic E-state index is -0.923. The van der Waals surface area contributed by atoms with Gasteiger partial charge in [-0.1, -0.05) is 6.07 Å². The molecule has 0 spiro atoms. The number of aromatic carboxylic acids is 1. The van der Waals surface area contributed by atoms with Crippen molar-refractivity contribution in [1.29, 1.82) is 0 Å². The highest BCUT2D eigenvalue weighted by Crippen LogP contribution is 2.24. The predicted octanol–water partition coefficient (Wildman–Crippen LogP) is 2.05. The van der Waals surface area contributed by atoms with E-state index >= 15 is 0 Å². The first-order valence-electron chi connectivity index (χ1n) is 5.87. The third-order valence-electron chi connectivity index (χ3n) is 2.93. The van der Waals surface area contributed by atoms with Crippen LogP contribution in [0.25, 0.3) is 10.9 Å². The van der Waals surface area contributed by atoms with Gasteiger partial charge in [-0.15, -0.1) is 0 Å². The van der Waals surface area contributed by atoms with Gasteiger partial charge in [0.15, 0.2) is 0 Å². The van der Waals surface area contributed by atoms with Crippen LogP contribution in [0.4, 0.5) is 0 Å². The molecule has 0 amide bonds. The molecule has 3 N–H and O–H groups in total. The van der Waals surface area contributed by atoms with Crippen molar-refractivity contribution in [1.82, 2.24) is 4.98 Å². The van der Waals surface area contributed by atoms with Crippen molar-refractivity contribution in [3.05, 3.63) is 40.6 Å². The van der Waals surface area contributed by atoms with Crippen LogP contribution in [0, 0.1) is 13.8 Å². The number of carbonyl (C=O) groups is 1. The molecule has 94 valence electrons. The van der Waals surface area contributed by atoms with Gasteiger partial charge in [-0.3, -0.25) is 4.98 Å². The lowest BCUT2D eigenvalue weighted by atomic mass is 10.00. The summed E-state index contributed by atoms with van der Waals surface area (Å²) in [6.07, 6.45) is 0.587. The number of fused-ring (bicyclic) bond motifs is 1. The van der Waals surface area contributed by atoms with Gasteiger partial charge in [0, 0.05) is 17.5 Å². The third kappa shape index (κ3) is 2.19. The summed E-state index contributed by atoms with van der Waals surface area (Å²) in [5.41, 5.74) is 9.29. The van der Waals surface area contributed by atoms with Crippen LogP contribution < -0.4 is 5.73 Å². The molecule has 1 aromatic carbocycles. The Labute approximate surface area is 105 Å². The number of benzene rings is 1. The summed E-state index contributed by atoms with van der Waals surface area (Å²) in [6.45, 7) is 4.35. The number of carboxylic acids is 1. The van der Waals surface area contributed by atoms with Gasteiger partial charge in [-0.2, -0.15) is 0 Å². The number of hydrogen-bond donors (Lipinski definition) is 2. The first-order chi connectivity index (χ1) is 8.52. The van der Waals surface area contributed by atoms with Crippen LogP contribution in [-0.4, -0.2) is 22.6 Å². The highest BCUT2D eigenvalue weighted by molar-refractivity contribution is 6.04. The molecule has 0 saturated carbocycles. The molecule has 1 heterocycles. The molecule has 4 nitrogen and oxygen atoms in total. The molecule has 0 fully saturated rings. The Bertz CT molecular complexity index is 621. The summed E-state index contributed by atoms with van der Waals surface area (Å²) >= 11 is 0. The van der Waals surface area contributed by atoms with Crippen LogP contribution in [0.2, 0.25) is 0 Å². The number of nitrogens with two attached hydrogens (primary N) is 1. The smallest absolute Gasteiger partial charge is 0.336 e. The first-order valence-corrected chi connectivity index (χ1v) is 5.87. The summed E-state index contributed by atoms with van der Waals surface area (Å²) in [7, 11) is 0. The summed E-state index contributed by atoms with van der Waals surface area (Å²) in [6, 6.07) is 5.51. The zero-order valence-corrected chi connectivity index (χ0v) is 10.5. The minimum absolute atomic E-state index is 0.306. The number of nitrogens with zero attached hydrogens (tertiary/aromatic N) is 1. The van der Waals surface area contributed by atoms with Gasteiger partial charge in [-0.25, -0.2) is 4.79 Å². The molecule has 18 heavy (non-hydrogen) atoms. The van der Waals surface area contributed by atoms with Crippen molar-refractivity contribution in [3.8, 4) is 0 Å². The van der Waals surface area contributed by atoms with Crippen molar-refractivity contribution in [2.45, 2.75) is 20.3 Å². The summed E-state index contributed by atoms with van der Waals surface area (Å²) in [5.74, 6) is -0.923. The molecule has 0 atom stereocenters. The van der Waals surface area contributed by atoms with Crippen molar-refractivity contribution < 1.29 is 9.90 Å². The molecular formula is C14H16N2O2. The Kier molecular flexibility index (Phi) is 3.30. The summed E-state index contributed by atoms with van der Waals surface area (Å²) < 4.78 is 0. The Morgan fingerprint density at radius 3 is 2.67 bits per heavy atom. The molecule has 0 aliphatic rings. The Morgan fingerprint density at radius 1 is 1.33 bits per heavy atom. The van der Waals surface area contributed by atoms with Crippen molar-refractivity contribution in [2.75, 3.05) is 6.54 Å². The number of aryl methyl sites for hydroxylation is 2. The largest absolute Gasteiger partial charge is 0.478 e. The second-order valence-electron chi connectivity index (χ2n) is 4.48. The lowest BCUT2D eigenvalue weighted by Crippen LogP contribution is -2.08. The number of rotatable bonds is 3. The highest BCUT2D eigenvalue weighted by Gasteiger charge is 2.14. The van der Waals surface area contributed by atoms with E-state index in [9.17, 15) is 9.90 Å². The topological polar surface area (TPSA) is 76.2 Å². The molecule has 0 aliphatic carbocycles. The molecule has 2 aromatic rings.